The molecule has 2 rings (SSSR count). The van der Waals surface area contributed by atoms with E-state index in [0.29, 0.717) is 10.3 Å². The lowest BCUT2D eigenvalue weighted by Crippen LogP contribution is -2.31. The molecule has 2 nitrogen and oxygen atoms in total. The summed E-state index contributed by atoms with van der Waals surface area (Å²) in [7, 11) is 2.16. The number of phenolic OH excluding ortho intramolecular Hbond substituents is 1. The minimum Gasteiger partial charge on any atom is -0.508 e. The average Bonchev–Trinajstić information content (AvgIpc) is 2.38. The van der Waals surface area contributed by atoms with Crippen LogP contribution >= 0.6 is 23.4 Å². The van der Waals surface area contributed by atoms with E-state index in [4.69, 9.17) is 11.6 Å². The number of benzene rings is 1. The molecule has 0 saturated carbocycles. The second-order valence-electron chi connectivity index (χ2n) is 4.24. The first-order chi connectivity index (χ1) is 8.65. The summed E-state index contributed by atoms with van der Waals surface area (Å²) in [5.41, 5.74) is 0. The molecule has 1 fully saturated rings. The smallest absolute Gasteiger partial charge is 0.117 e. The highest BCUT2D eigenvalue weighted by Gasteiger charge is 2.18. The summed E-state index contributed by atoms with van der Waals surface area (Å²) in [4.78, 5) is 3.43. The Hall–Kier alpha value is -0.380. The molecule has 1 aliphatic rings. The van der Waals surface area contributed by atoms with Crippen LogP contribution in [0.1, 0.15) is 26.7 Å². The van der Waals surface area contributed by atoms with Gasteiger partial charge in [-0.3, -0.25) is 0 Å². The summed E-state index contributed by atoms with van der Waals surface area (Å²) in [6.07, 6.45) is 2.41. The Labute approximate surface area is 119 Å². The lowest BCUT2D eigenvalue weighted by atomic mass is 10.1. The second kappa shape index (κ2) is 7.93. The summed E-state index contributed by atoms with van der Waals surface area (Å²) >= 11 is 7.92. The van der Waals surface area contributed by atoms with E-state index in [1.54, 1.807) is 12.1 Å². The van der Waals surface area contributed by atoms with Gasteiger partial charge in [0.1, 0.15) is 5.75 Å². The number of nitrogens with zero attached hydrogens (tertiary/aromatic N) is 1. The Bertz CT molecular complexity index is 365. The third-order valence-corrected chi connectivity index (χ3v) is 4.71. The molecule has 0 bridgehead atoms. The van der Waals surface area contributed by atoms with Gasteiger partial charge in [-0.2, -0.15) is 0 Å². The maximum Gasteiger partial charge on any atom is 0.117 e. The number of likely N-dealkylation sites (tertiary alicyclic amines) is 1. The van der Waals surface area contributed by atoms with Crippen LogP contribution in [0.25, 0.3) is 0 Å². The van der Waals surface area contributed by atoms with E-state index < -0.39 is 0 Å². The van der Waals surface area contributed by atoms with Crippen molar-refractivity contribution in [1.82, 2.24) is 4.90 Å². The van der Waals surface area contributed by atoms with Crippen molar-refractivity contribution in [3.63, 3.8) is 0 Å². The molecule has 0 aromatic heterocycles. The molecule has 4 heteroatoms. The molecular weight excluding hydrogens is 266 g/mol. The van der Waals surface area contributed by atoms with Gasteiger partial charge < -0.3 is 10.0 Å². The fraction of sp³-hybridized carbons (Fsp3) is 0.571. The molecule has 0 amide bonds. The van der Waals surface area contributed by atoms with Crippen LogP contribution in [-0.2, 0) is 0 Å². The molecule has 18 heavy (non-hydrogen) atoms. The summed E-state index contributed by atoms with van der Waals surface area (Å²) in [5, 5.41) is 10.6. The van der Waals surface area contributed by atoms with Crippen LogP contribution in [0.5, 0.6) is 5.75 Å². The number of piperidine rings is 1. The van der Waals surface area contributed by atoms with Gasteiger partial charge >= 0.3 is 0 Å². The Morgan fingerprint density at radius 1 is 1.28 bits per heavy atom. The maximum atomic E-state index is 9.28. The predicted molar refractivity (Wildman–Crippen MR) is 80.8 cm³/mol. The van der Waals surface area contributed by atoms with Gasteiger partial charge in [0.2, 0.25) is 0 Å². The maximum absolute atomic E-state index is 9.28. The normalized spacial score (nSPS) is 17.1. The Morgan fingerprint density at radius 3 is 2.44 bits per heavy atom. The summed E-state index contributed by atoms with van der Waals surface area (Å²) in [5.74, 6) is 0.234. The van der Waals surface area contributed by atoms with Gasteiger partial charge in [-0.1, -0.05) is 25.4 Å². The number of thioether (sulfide) groups is 1. The summed E-state index contributed by atoms with van der Waals surface area (Å²) in [6.45, 7) is 6.32. The van der Waals surface area contributed by atoms with Crippen LogP contribution in [0.2, 0.25) is 5.02 Å². The van der Waals surface area contributed by atoms with Crippen LogP contribution in [0.15, 0.2) is 23.1 Å². The van der Waals surface area contributed by atoms with E-state index >= 15 is 0 Å². The van der Waals surface area contributed by atoms with Gasteiger partial charge in [0.15, 0.2) is 0 Å². The summed E-state index contributed by atoms with van der Waals surface area (Å²) in [6, 6.07) is 5.21. The van der Waals surface area contributed by atoms with Gasteiger partial charge in [-0.15, -0.1) is 11.8 Å². The fourth-order valence-corrected chi connectivity index (χ4v) is 3.30. The zero-order valence-corrected chi connectivity index (χ0v) is 12.9. The molecule has 1 saturated heterocycles. The molecule has 1 aromatic carbocycles. The molecule has 1 aromatic rings. The van der Waals surface area contributed by atoms with Crippen molar-refractivity contribution in [3.05, 3.63) is 23.2 Å². The highest BCUT2D eigenvalue weighted by Crippen LogP contribution is 2.36. The Kier molecular flexibility index (Phi) is 6.90. The standard InChI is InChI=1S/C12H16ClNOS.C2H6/c1-14-6-4-10(5-7-14)16-12-3-2-9(15)8-11(12)13;1-2/h2-3,8,10,15H,4-7H2,1H3;1-2H3. The number of rotatable bonds is 2. The third-order valence-electron chi connectivity index (χ3n) is 2.87. The number of hydrogen-bond donors (Lipinski definition) is 1. The van der Waals surface area contributed by atoms with Crippen molar-refractivity contribution in [2.75, 3.05) is 20.1 Å². The molecule has 0 atom stereocenters. The van der Waals surface area contributed by atoms with E-state index in [2.05, 4.69) is 11.9 Å². The second-order valence-corrected chi connectivity index (χ2v) is 5.98. The first-order valence-corrected chi connectivity index (χ1v) is 7.74. The quantitative estimate of drug-likeness (QED) is 0.879. The van der Waals surface area contributed by atoms with E-state index in [0.717, 1.165) is 18.0 Å². The van der Waals surface area contributed by atoms with Crippen molar-refractivity contribution in [2.45, 2.75) is 36.8 Å². The van der Waals surface area contributed by atoms with Gasteiger partial charge in [0.05, 0.1) is 5.02 Å². The minimum atomic E-state index is 0.234. The van der Waals surface area contributed by atoms with Crippen molar-refractivity contribution < 1.29 is 5.11 Å². The van der Waals surface area contributed by atoms with Gasteiger partial charge in [-0.05, 0) is 51.2 Å². The molecule has 0 aliphatic carbocycles. The largest absolute Gasteiger partial charge is 0.508 e. The summed E-state index contributed by atoms with van der Waals surface area (Å²) < 4.78 is 0. The lowest BCUT2D eigenvalue weighted by Gasteiger charge is -2.28. The Morgan fingerprint density at radius 2 is 1.89 bits per heavy atom. The van der Waals surface area contributed by atoms with Crippen LogP contribution in [-0.4, -0.2) is 35.4 Å². The topological polar surface area (TPSA) is 23.5 Å². The molecule has 1 heterocycles. The van der Waals surface area contributed by atoms with E-state index in [1.807, 2.05) is 31.7 Å². The SMILES string of the molecule is CC.CN1CCC(Sc2ccc(O)cc2Cl)CC1. The molecule has 0 unspecified atom stereocenters. The van der Waals surface area contributed by atoms with Crippen molar-refractivity contribution in [3.8, 4) is 5.75 Å². The Balaban J connectivity index is 0.000000771. The lowest BCUT2D eigenvalue weighted by molar-refractivity contribution is 0.282. The highest BCUT2D eigenvalue weighted by atomic mass is 35.5. The first-order valence-electron chi connectivity index (χ1n) is 6.49. The molecule has 1 aliphatic heterocycles. The zero-order valence-electron chi connectivity index (χ0n) is 11.3. The molecule has 1 N–H and O–H groups in total. The van der Waals surface area contributed by atoms with Crippen LogP contribution in [0.4, 0.5) is 0 Å². The minimum absolute atomic E-state index is 0.234. The predicted octanol–water partition coefficient (Wildman–Crippen LogP) is 4.26. The fourth-order valence-electron chi connectivity index (χ4n) is 1.87. The van der Waals surface area contributed by atoms with Crippen LogP contribution in [0.3, 0.4) is 0 Å². The monoisotopic (exact) mass is 287 g/mol. The van der Waals surface area contributed by atoms with Crippen molar-refractivity contribution >= 4 is 23.4 Å². The van der Waals surface area contributed by atoms with Crippen molar-refractivity contribution in [2.24, 2.45) is 0 Å². The molecule has 102 valence electrons. The first kappa shape index (κ1) is 15.7. The van der Waals surface area contributed by atoms with E-state index in [-0.39, 0.29) is 5.75 Å². The molecule has 0 spiro atoms. The highest BCUT2D eigenvalue weighted by molar-refractivity contribution is 8.00. The van der Waals surface area contributed by atoms with E-state index in [9.17, 15) is 5.11 Å². The van der Waals surface area contributed by atoms with Gasteiger partial charge in [-0.25, -0.2) is 0 Å². The number of hydrogen-bond acceptors (Lipinski definition) is 3. The molecular formula is C14H22ClNOS. The number of halogens is 1. The zero-order chi connectivity index (χ0) is 13.5. The van der Waals surface area contributed by atoms with Crippen LogP contribution < -0.4 is 0 Å². The van der Waals surface area contributed by atoms with Crippen LogP contribution in [0, 0.1) is 0 Å². The van der Waals surface area contributed by atoms with Gasteiger partial charge in [0, 0.05) is 10.1 Å². The van der Waals surface area contributed by atoms with Gasteiger partial charge in [0.25, 0.3) is 0 Å². The molecule has 0 radical (unpaired) electrons. The average molecular weight is 288 g/mol. The van der Waals surface area contributed by atoms with E-state index in [1.165, 1.54) is 12.8 Å². The number of aromatic hydroxyl groups is 1. The van der Waals surface area contributed by atoms with Crippen molar-refractivity contribution in [1.29, 1.82) is 0 Å². The number of phenols is 1. The third kappa shape index (κ3) is 4.71.